The van der Waals surface area contributed by atoms with Crippen LogP contribution in [-0.2, 0) is 4.79 Å². The van der Waals surface area contributed by atoms with Crippen molar-refractivity contribution in [2.75, 3.05) is 5.52 Å². The highest BCUT2D eigenvalue weighted by Crippen LogP contribution is 2.29. The second-order valence-electron chi connectivity index (χ2n) is 4.05. The predicted molar refractivity (Wildman–Crippen MR) is 74.4 cm³/mol. The maximum atomic E-state index is 11.0. The lowest BCUT2D eigenvalue weighted by Crippen LogP contribution is -2.07. The fourth-order valence-electron chi connectivity index (χ4n) is 1.87. The van der Waals surface area contributed by atoms with Gasteiger partial charge in [0, 0.05) is 5.39 Å². The Morgan fingerprint density at radius 1 is 1.39 bits per heavy atom. The number of rotatable bonds is 4. The van der Waals surface area contributed by atoms with Crippen LogP contribution in [0.2, 0.25) is 0 Å². The van der Waals surface area contributed by atoms with Crippen LogP contribution in [0.4, 0.5) is 0 Å². The zero-order chi connectivity index (χ0) is 13.1. The molecular weight excluding hydrogens is 296 g/mol. The molecule has 4 heteroatoms. The van der Waals surface area contributed by atoms with Crippen molar-refractivity contribution in [1.29, 1.82) is 0 Å². The summed E-state index contributed by atoms with van der Waals surface area (Å²) in [5.41, 5.74) is 1.23. The summed E-state index contributed by atoms with van der Waals surface area (Å²) >= 11 is 3.23. The predicted octanol–water partition coefficient (Wildman–Crippen LogP) is 3.76. The topological polar surface area (TPSA) is 46.5 Å². The van der Waals surface area contributed by atoms with Crippen LogP contribution in [0.5, 0.6) is 5.75 Å². The van der Waals surface area contributed by atoms with Crippen molar-refractivity contribution in [3.8, 4) is 5.75 Å². The van der Waals surface area contributed by atoms with Gasteiger partial charge in [-0.05, 0) is 39.9 Å². The number of carboxylic acids is 1. The molecule has 0 aliphatic rings. The van der Waals surface area contributed by atoms with E-state index in [1.54, 1.807) is 6.92 Å². The second-order valence-corrected chi connectivity index (χ2v) is 4.51. The van der Waals surface area contributed by atoms with E-state index < -0.39 is 11.9 Å². The molecule has 0 saturated carbocycles. The monoisotopic (exact) mass is 308 g/mol. The van der Waals surface area contributed by atoms with Crippen LogP contribution < -0.4 is 4.74 Å². The number of alkyl halides is 1. The normalized spacial score (nSPS) is 12.3. The molecule has 1 N–H and O–H groups in total. The van der Waals surface area contributed by atoms with Crippen LogP contribution in [-0.4, -0.2) is 16.6 Å². The zero-order valence-corrected chi connectivity index (χ0v) is 11.5. The molecule has 0 radical (unpaired) electrons. The van der Waals surface area contributed by atoms with Crippen LogP contribution >= 0.6 is 15.9 Å². The molecular formula is C14H13BrO3. The van der Waals surface area contributed by atoms with Gasteiger partial charge in [-0.25, -0.2) is 0 Å². The summed E-state index contributed by atoms with van der Waals surface area (Å²) < 4.78 is 5.47. The van der Waals surface area contributed by atoms with E-state index in [0.717, 1.165) is 22.1 Å². The number of carboxylic acid groups (broad SMARTS) is 1. The summed E-state index contributed by atoms with van der Waals surface area (Å²) in [7, 11) is 0. The van der Waals surface area contributed by atoms with Gasteiger partial charge in [0.25, 0.3) is 0 Å². The first kappa shape index (κ1) is 12.9. The number of halogens is 1. The Hall–Kier alpha value is -1.55. The lowest BCUT2D eigenvalue weighted by molar-refractivity contribution is -0.138. The number of hydrogen-bond acceptors (Lipinski definition) is 2. The van der Waals surface area contributed by atoms with Crippen LogP contribution in [0.3, 0.4) is 0 Å². The number of hydrogen-bond donors (Lipinski definition) is 1. The third-order valence-electron chi connectivity index (χ3n) is 2.94. The minimum atomic E-state index is -0.817. The molecule has 0 aliphatic heterocycles. The smallest absolute Gasteiger partial charge is 0.310 e. The summed E-state index contributed by atoms with van der Waals surface area (Å²) in [4.78, 5) is 11.0. The standard InChI is InChI=1S/C14H13BrO3/c1-9(14(16)17)10-5-6-12-11(7-10)3-2-4-13(12)18-8-15/h2-7,9H,8H2,1H3,(H,16,17)/t9-/m0/s1. The molecule has 0 heterocycles. The minimum Gasteiger partial charge on any atom is -0.482 e. The van der Waals surface area contributed by atoms with E-state index in [2.05, 4.69) is 15.9 Å². The molecule has 2 aromatic rings. The molecule has 1 atom stereocenters. The van der Waals surface area contributed by atoms with Crippen molar-refractivity contribution in [1.82, 2.24) is 0 Å². The molecule has 0 saturated heterocycles. The summed E-state index contributed by atoms with van der Waals surface area (Å²) in [6.07, 6.45) is 0. The van der Waals surface area contributed by atoms with E-state index in [0.29, 0.717) is 5.52 Å². The summed E-state index contributed by atoms with van der Waals surface area (Å²) in [6.45, 7) is 1.68. The van der Waals surface area contributed by atoms with Crippen molar-refractivity contribution < 1.29 is 14.6 Å². The van der Waals surface area contributed by atoms with Crippen LogP contribution in [0.1, 0.15) is 18.4 Å². The Morgan fingerprint density at radius 3 is 2.83 bits per heavy atom. The summed E-state index contributed by atoms with van der Waals surface area (Å²) in [6, 6.07) is 11.4. The first-order chi connectivity index (χ1) is 8.63. The molecule has 0 amide bonds. The second kappa shape index (κ2) is 5.40. The zero-order valence-electron chi connectivity index (χ0n) is 9.89. The molecule has 0 aliphatic carbocycles. The maximum Gasteiger partial charge on any atom is 0.310 e. The SMILES string of the molecule is C[C@H](C(=O)O)c1ccc2c(OCBr)cccc2c1. The average molecular weight is 309 g/mol. The van der Waals surface area contributed by atoms with E-state index in [1.165, 1.54) is 0 Å². The first-order valence-electron chi connectivity index (χ1n) is 5.57. The Kier molecular flexibility index (Phi) is 3.87. The Morgan fingerprint density at radius 2 is 2.17 bits per heavy atom. The molecule has 2 aromatic carbocycles. The third kappa shape index (κ3) is 2.48. The van der Waals surface area contributed by atoms with Gasteiger partial charge < -0.3 is 9.84 Å². The molecule has 3 nitrogen and oxygen atoms in total. The van der Waals surface area contributed by atoms with Gasteiger partial charge in [0.1, 0.15) is 11.3 Å². The van der Waals surface area contributed by atoms with E-state index in [4.69, 9.17) is 9.84 Å². The Balaban J connectivity index is 2.50. The molecule has 0 aromatic heterocycles. The Bertz CT molecular complexity index is 580. The van der Waals surface area contributed by atoms with Gasteiger partial charge in [0.15, 0.2) is 0 Å². The van der Waals surface area contributed by atoms with Gasteiger partial charge >= 0.3 is 5.97 Å². The largest absolute Gasteiger partial charge is 0.482 e. The molecule has 0 unspecified atom stereocenters. The highest BCUT2D eigenvalue weighted by atomic mass is 79.9. The third-order valence-corrected chi connectivity index (χ3v) is 3.17. The molecule has 0 fully saturated rings. The van der Waals surface area contributed by atoms with Gasteiger partial charge in [-0.15, -0.1) is 0 Å². The fourth-order valence-corrected chi connectivity index (χ4v) is 2.12. The number of aliphatic carboxylic acids is 1. The van der Waals surface area contributed by atoms with E-state index in [1.807, 2.05) is 36.4 Å². The van der Waals surface area contributed by atoms with Crippen LogP contribution in [0, 0.1) is 0 Å². The van der Waals surface area contributed by atoms with Crippen molar-refractivity contribution in [2.45, 2.75) is 12.8 Å². The highest BCUT2D eigenvalue weighted by molar-refractivity contribution is 9.09. The van der Waals surface area contributed by atoms with E-state index in [-0.39, 0.29) is 0 Å². The molecule has 2 rings (SSSR count). The minimum absolute atomic E-state index is 0.430. The Labute approximate surface area is 114 Å². The lowest BCUT2D eigenvalue weighted by atomic mass is 9.98. The average Bonchev–Trinajstić information content (AvgIpc) is 2.38. The van der Waals surface area contributed by atoms with Gasteiger partial charge in [0.2, 0.25) is 0 Å². The highest BCUT2D eigenvalue weighted by Gasteiger charge is 2.14. The van der Waals surface area contributed by atoms with Gasteiger partial charge in [-0.1, -0.05) is 30.3 Å². The maximum absolute atomic E-state index is 11.0. The number of fused-ring (bicyclic) bond motifs is 1. The fraction of sp³-hybridized carbons (Fsp3) is 0.214. The lowest BCUT2D eigenvalue weighted by Gasteiger charge is -2.10. The van der Waals surface area contributed by atoms with Crippen LogP contribution in [0.25, 0.3) is 10.8 Å². The van der Waals surface area contributed by atoms with Gasteiger partial charge in [-0.2, -0.15) is 0 Å². The quantitative estimate of drug-likeness (QED) is 0.875. The van der Waals surface area contributed by atoms with Crippen molar-refractivity contribution >= 4 is 32.7 Å². The number of benzene rings is 2. The summed E-state index contributed by atoms with van der Waals surface area (Å²) in [5.74, 6) is -0.531. The van der Waals surface area contributed by atoms with Gasteiger partial charge in [0.05, 0.1) is 5.92 Å². The van der Waals surface area contributed by atoms with E-state index in [9.17, 15) is 4.79 Å². The van der Waals surface area contributed by atoms with Crippen molar-refractivity contribution in [3.05, 3.63) is 42.0 Å². The van der Waals surface area contributed by atoms with Crippen molar-refractivity contribution in [3.63, 3.8) is 0 Å². The van der Waals surface area contributed by atoms with Crippen LogP contribution in [0.15, 0.2) is 36.4 Å². The number of ether oxygens (including phenoxy) is 1. The van der Waals surface area contributed by atoms with Crippen molar-refractivity contribution in [2.24, 2.45) is 0 Å². The first-order valence-corrected chi connectivity index (χ1v) is 6.70. The van der Waals surface area contributed by atoms with E-state index >= 15 is 0 Å². The molecule has 0 bridgehead atoms. The summed E-state index contributed by atoms with van der Waals surface area (Å²) in [5, 5.41) is 11.0. The van der Waals surface area contributed by atoms with Gasteiger partial charge in [-0.3, -0.25) is 4.79 Å². The molecule has 0 spiro atoms. The molecule has 94 valence electrons. The molecule has 18 heavy (non-hydrogen) atoms. The number of carbonyl (C=O) groups is 1.